The summed E-state index contributed by atoms with van der Waals surface area (Å²) >= 11 is 3.30. The Morgan fingerprint density at radius 2 is 2.13 bits per heavy atom. The molecular formula is C12H11NSW. The molecule has 0 aromatic heterocycles. The monoisotopic (exact) mass is 385 g/mol. The van der Waals surface area contributed by atoms with Crippen LogP contribution in [0, 0.1) is 0 Å². The quantitative estimate of drug-likeness (QED) is 0.771. The first-order chi connectivity index (χ1) is 7.27. The van der Waals surface area contributed by atoms with Crippen molar-refractivity contribution in [2.75, 3.05) is 11.9 Å². The molecule has 1 aromatic rings. The third kappa shape index (κ3) is 1.89. The zero-order chi connectivity index (χ0) is 10.8. The number of likely N-dealkylation sites (N-methyl/N-ethyl adjacent to an activating group) is 1. The second kappa shape index (κ2) is 4.50. The summed E-state index contributed by atoms with van der Waals surface area (Å²) in [6.07, 6.45) is 1.93. The first-order valence-electron chi connectivity index (χ1n) is 4.60. The van der Waals surface area contributed by atoms with E-state index in [-0.39, 0.29) is 0 Å². The summed E-state index contributed by atoms with van der Waals surface area (Å²) in [5, 5.41) is 0. The first kappa shape index (κ1) is 10.9. The fraction of sp³-hybridized carbons (Fsp3) is 0.0833. The number of benzene rings is 1. The number of para-hydroxylation sites is 1. The number of thioether (sulfide) groups is 1. The van der Waals surface area contributed by atoms with Crippen molar-refractivity contribution in [3.8, 4) is 0 Å². The van der Waals surface area contributed by atoms with Gasteiger partial charge < -0.3 is 0 Å². The zero-order valence-corrected chi connectivity index (χ0v) is 12.2. The van der Waals surface area contributed by atoms with Crippen molar-refractivity contribution in [1.82, 2.24) is 0 Å². The van der Waals surface area contributed by atoms with Gasteiger partial charge in [0.25, 0.3) is 0 Å². The molecule has 0 amide bonds. The molecule has 0 saturated carbocycles. The van der Waals surface area contributed by atoms with E-state index in [2.05, 4.69) is 47.2 Å². The number of nitrogens with zero attached hydrogens (tertiary/aromatic N) is 1. The van der Waals surface area contributed by atoms with Crippen molar-refractivity contribution in [3.63, 3.8) is 0 Å². The van der Waals surface area contributed by atoms with E-state index >= 15 is 0 Å². The third-order valence-corrected chi connectivity index (χ3v) is 4.91. The maximum absolute atomic E-state index is 3.88. The van der Waals surface area contributed by atoms with Gasteiger partial charge in [0.2, 0.25) is 0 Å². The summed E-state index contributed by atoms with van der Waals surface area (Å²) in [6.45, 7) is 3.88. The minimum atomic E-state index is 1.20. The molecule has 1 heterocycles. The Morgan fingerprint density at radius 1 is 1.40 bits per heavy atom. The number of hydrogen-bond acceptors (Lipinski definition) is 2. The molecule has 1 aromatic carbocycles. The van der Waals surface area contributed by atoms with Gasteiger partial charge in [0.05, 0.1) is 0 Å². The van der Waals surface area contributed by atoms with Gasteiger partial charge >= 0.3 is 106 Å². The Balaban J connectivity index is 2.56. The number of hydrogen-bond donors (Lipinski definition) is 0. The minimum absolute atomic E-state index is 1.20. The number of allylic oxidation sites excluding steroid dienone is 2. The average Bonchev–Trinajstić information content (AvgIpc) is 2.29. The van der Waals surface area contributed by atoms with Crippen LogP contribution in [0.4, 0.5) is 5.69 Å². The molecule has 0 atom stereocenters. The van der Waals surface area contributed by atoms with E-state index in [1.54, 1.807) is 0 Å². The third-order valence-electron chi connectivity index (χ3n) is 2.36. The van der Waals surface area contributed by atoms with E-state index in [1.165, 1.54) is 40.5 Å². The van der Waals surface area contributed by atoms with Crippen LogP contribution in [-0.2, 0) is 19.4 Å². The predicted octanol–water partition coefficient (Wildman–Crippen LogP) is 2.98. The van der Waals surface area contributed by atoms with Gasteiger partial charge in [-0.2, -0.15) is 0 Å². The molecule has 0 bridgehead atoms. The Kier molecular flexibility index (Phi) is 3.28. The van der Waals surface area contributed by atoms with E-state index < -0.39 is 0 Å². The Morgan fingerprint density at radius 3 is 2.80 bits per heavy atom. The Hall–Kier alpha value is -0.592. The summed E-state index contributed by atoms with van der Waals surface area (Å²) < 4.78 is 2.22. The molecule has 3 heteroatoms. The topological polar surface area (TPSA) is 3.24 Å². The molecule has 0 aliphatic carbocycles. The first-order valence-corrected chi connectivity index (χ1v) is 7.11. The van der Waals surface area contributed by atoms with Crippen LogP contribution >= 0.6 is 11.8 Å². The van der Waals surface area contributed by atoms with Crippen LogP contribution < -0.4 is 4.90 Å². The molecule has 0 saturated heterocycles. The van der Waals surface area contributed by atoms with E-state index in [9.17, 15) is 0 Å². The predicted molar refractivity (Wildman–Crippen MR) is 64.0 cm³/mol. The fourth-order valence-electron chi connectivity index (χ4n) is 1.61. The Bertz CT molecular complexity index is 451. The summed E-state index contributed by atoms with van der Waals surface area (Å²) in [7, 11) is 2.09. The molecule has 2 rings (SSSR count). The van der Waals surface area contributed by atoms with Crippen LogP contribution in [0.25, 0.3) is 0 Å². The van der Waals surface area contributed by atoms with E-state index in [1.807, 2.05) is 17.8 Å². The summed E-state index contributed by atoms with van der Waals surface area (Å²) in [5.41, 5.74) is 2.46. The fourth-order valence-corrected chi connectivity index (χ4v) is 3.63. The van der Waals surface area contributed by atoms with Crippen molar-refractivity contribution in [3.05, 3.63) is 47.5 Å². The average molecular weight is 385 g/mol. The molecule has 1 aliphatic rings. The van der Waals surface area contributed by atoms with Crippen LogP contribution in [-0.4, -0.2) is 11.4 Å². The molecular weight excluding hydrogens is 374 g/mol. The molecule has 0 spiro atoms. The zero-order valence-electron chi connectivity index (χ0n) is 8.43. The van der Waals surface area contributed by atoms with Crippen LogP contribution in [0.5, 0.6) is 0 Å². The number of anilines is 1. The van der Waals surface area contributed by atoms with Crippen molar-refractivity contribution < 1.29 is 19.4 Å². The van der Waals surface area contributed by atoms with Gasteiger partial charge in [0.1, 0.15) is 0 Å². The van der Waals surface area contributed by atoms with Crippen LogP contribution in [0.2, 0.25) is 0 Å². The summed E-state index contributed by atoms with van der Waals surface area (Å²) in [6, 6.07) is 8.46. The summed E-state index contributed by atoms with van der Waals surface area (Å²) in [4.78, 5) is 4.83. The molecule has 0 radical (unpaired) electrons. The van der Waals surface area contributed by atoms with Gasteiger partial charge in [-0.05, 0) is 0 Å². The van der Waals surface area contributed by atoms with Crippen molar-refractivity contribution in [2.24, 2.45) is 0 Å². The Labute approximate surface area is 105 Å². The molecule has 1 nitrogen and oxygen atoms in total. The molecule has 15 heavy (non-hydrogen) atoms. The van der Waals surface area contributed by atoms with E-state index in [4.69, 9.17) is 0 Å². The molecule has 1 aliphatic heterocycles. The van der Waals surface area contributed by atoms with Crippen molar-refractivity contribution in [1.29, 1.82) is 0 Å². The van der Waals surface area contributed by atoms with Gasteiger partial charge in [-0.1, -0.05) is 0 Å². The van der Waals surface area contributed by atoms with Crippen molar-refractivity contribution in [2.45, 2.75) is 4.90 Å². The maximum atomic E-state index is 3.88. The van der Waals surface area contributed by atoms with Crippen LogP contribution in [0.1, 0.15) is 0 Å². The molecule has 76 valence electrons. The number of rotatable bonds is 2. The molecule has 0 fully saturated rings. The van der Waals surface area contributed by atoms with Gasteiger partial charge in [0, 0.05) is 0 Å². The second-order valence-corrected chi connectivity index (χ2v) is 5.13. The van der Waals surface area contributed by atoms with Crippen LogP contribution in [0.15, 0.2) is 52.4 Å². The number of fused-ring (bicyclic) bond motifs is 1. The van der Waals surface area contributed by atoms with Gasteiger partial charge in [-0.15, -0.1) is 0 Å². The van der Waals surface area contributed by atoms with Crippen molar-refractivity contribution >= 4 is 21.9 Å². The second-order valence-electron chi connectivity index (χ2n) is 3.20. The van der Waals surface area contributed by atoms with Crippen LogP contribution in [0.3, 0.4) is 0 Å². The van der Waals surface area contributed by atoms with E-state index in [0.29, 0.717) is 0 Å². The normalized spacial score (nSPS) is 14.9. The van der Waals surface area contributed by atoms with Gasteiger partial charge in [-0.25, -0.2) is 0 Å². The molecule has 0 unspecified atom stereocenters. The summed E-state index contributed by atoms with van der Waals surface area (Å²) in [5.74, 6) is 0. The van der Waals surface area contributed by atoms with Gasteiger partial charge in [0.15, 0.2) is 0 Å². The SMILES string of the molecule is C=CC1=C([CH]=[W])Sc2ccccc2N1C. The van der Waals surface area contributed by atoms with E-state index in [0.717, 1.165) is 0 Å². The van der Waals surface area contributed by atoms with Gasteiger partial charge in [-0.3, -0.25) is 0 Å². The molecule has 0 N–H and O–H groups in total. The standard InChI is InChI=1S/C12H11NS.W/c1-4-10-9(2)14-12-8-6-5-7-11(12)13(10)3;/h2,4-8H,1H2,3H3;.